The molecule has 3 N–H and O–H groups in total. The fourth-order valence-corrected chi connectivity index (χ4v) is 3.06. The first-order valence-electron chi connectivity index (χ1n) is 7.28. The Morgan fingerprint density at radius 3 is 2.43 bits per heavy atom. The quantitative estimate of drug-likeness (QED) is 0.271. The van der Waals surface area contributed by atoms with Crippen LogP contribution in [-0.2, 0) is 4.79 Å². The third kappa shape index (κ3) is 8.75. The molecule has 0 spiro atoms. The van der Waals surface area contributed by atoms with E-state index in [9.17, 15) is 4.79 Å². The van der Waals surface area contributed by atoms with E-state index in [4.69, 9.17) is 0 Å². The first-order valence-corrected chi connectivity index (χ1v) is 8.33. The molecule has 7 heteroatoms. The van der Waals surface area contributed by atoms with Crippen molar-refractivity contribution in [2.45, 2.75) is 38.9 Å². The fourth-order valence-electron chi connectivity index (χ4n) is 1.86. The first-order chi connectivity index (χ1) is 9.43. The predicted octanol–water partition coefficient (Wildman–Crippen LogP) is 1.83. The lowest BCUT2D eigenvalue weighted by molar-refractivity contribution is -0.128. The van der Waals surface area contributed by atoms with Gasteiger partial charge in [0.2, 0.25) is 5.91 Å². The van der Waals surface area contributed by atoms with Crippen molar-refractivity contribution in [2.75, 3.05) is 32.4 Å². The maximum atomic E-state index is 11.7. The van der Waals surface area contributed by atoms with Gasteiger partial charge in [0.15, 0.2) is 5.96 Å². The highest BCUT2D eigenvalue weighted by molar-refractivity contribution is 14.0. The molecule has 0 aliphatic carbocycles. The van der Waals surface area contributed by atoms with Crippen molar-refractivity contribution in [3.05, 3.63) is 0 Å². The van der Waals surface area contributed by atoms with E-state index in [-0.39, 0.29) is 35.3 Å². The van der Waals surface area contributed by atoms with Gasteiger partial charge in [-0.3, -0.25) is 9.79 Å². The summed E-state index contributed by atoms with van der Waals surface area (Å²) < 4.78 is 0. The largest absolute Gasteiger partial charge is 0.355 e. The van der Waals surface area contributed by atoms with E-state index in [1.165, 1.54) is 18.6 Å². The number of nitrogens with zero attached hydrogens (tertiary/aromatic N) is 1. The molecule has 1 rings (SSSR count). The summed E-state index contributed by atoms with van der Waals surface area (Å²) in [6.45, 7) is 7.98. The average molecular weight is 428 g/mol. The number of thioether (sulfide) groups is 1. The van der Waals surface area contributed by atoms with Crippen molar-refractivity contribution in [1.29, 1.82) is 0 Å². The van der Waals surface area contributed by atoms with Gasteiger partial charge in [-0.25, -0.2) is 0 Å². The summed E-state index contributed by atoms with van der Waals surface area (Å²) >= 11 is 2.03. The van der Waals surface area contributed by atoms with E-state index >= 15 is 0 Å². The molecular formula is C14H29IN4OS. The molecule has 0 aromatic heterocycles. The molecule has 1 fully saturated rings. The zero-order chi connectivity index (χ0) is 15.0. The highest BCUT2D eigenvalue weighted by atomic mass is 127. The van der Waals surface area contributed by atoms with Crippen LogP contribution in [0.25, 0.3) is 0 Å². The predicted molar refractivity (Wildman–Crippen MR) is 103 cm³/mol. The molecule has 0 aromatic carbocycles. The Labute approximate surface area is 149 Å². The Hall–Kier alpha value is -0.180. The summed E-state index contributed by atoms with van der Waals surface area (Å²) in [5, 5.41) is 10.2. The molecule has 1 amide bonds. The number of carbonyl (C=O) groups excluding carboxylic acids is 1. The molecule has 0 radical (unpaired) electrons. The van der Waals surface area contributed by atoms with E-state index in [0.29, 0.717) is 18.3 Å². The molecule has 5 nitrogen and oxygen atoms in total. The lowest BCUT2D eigenvalue weighted by Gasteiger charge is -2.18. The minimum Gasteiger partial charge on any atom is -0.355 e. The zero-order valence-corrected chi connectivity index (χ0v) is 16.6. The van der Waals surface area contributed by atoms with Crippen molar-refractivity contribution in [1.82, 2.24) is 16.0 Å². The number of carbonyl (C=O) groups is 1. The van der Waals surface area contributed by atoms with Gasteiger partial charge in [-0.2, -0.15) is 11.8 Å². The normalized spacial score (nSPS) is 18.9. The molecule has 1 saturated heterocycles. The molecule has 1 aliphatic heterocycles. The SMILES string of the molecule is CN=C(NCCNC(=O)C(C)(C)C)NCC1CCCS1.I. The number of amides is 1. The number of guanidine groups is 1. The average Bonchev–Trinajstić information content (AvgIpc) is 2.89. The molecule has 21 heavy (non-hydrogen) atoms. The van der Waals surface area contributed by atoms with Gasteiger partial charge in [-0.05, 0) is 18.6 Å². The van der Waals surface area contributed by atoms with Crippen LogP contribution in [-0.4, -0.2) is 49.6 Å². The number of halogens is 1. The van der Waals surface area contributed by atoms with Crippen LogP contribution in [0.2, 0.25) is 0 Å². The lowest BCUT2D eigenvalue weighted by atomic mass is 9.96. The van der Waals surface area contributed by atoms with Crippen molar-refractivity contribution < 1.29 is 4.79 Å². The molecule has 1 heterocycles. The summed E-state index contributed by atoms with van der Waals surface area (Å²) in [5.74, 6) is 2.16. The van der Waals surface area contributed by atoms with Crippen LogP contribution < -0.4 is 16.0 Å². The Morgan fingerprint density at radius 1 is 1.24 bits per heavy atom. The Balaban J connectivity index is 0.00000400. The molecule has 0 bridgehead atoms. The van der Waals surface area contributed by atoms with Crippen LogP contribution >= 0.6 is 35.7 Å². The summed E-state index contributed by atoms with van der Waals surface area (Å²) in [6.07, 6.45) is 2.61. The van der Waals surface area contributed by atoms with Crippen molar-refractivity contribution in [3.63, 3.8) is 0 Å². The maximum absolute atomic E-state index is 11.7. The number of hydrogen-bond donors (Lipinski definition) is 3. The second-order valence-electron chi connectivity index (χ2n) is 6.02. The number of nitrogens with one attached hydrogen (secondary N) is 3. The third-order valence-corrected chi connectivity index (χ3v) is 4.53. The van der Waals surface area contributed by atoms with E-state index in [0.717, 1.165) is 12.5 Å². The van der Waals surface area contributed by atoms with Crippen LogP contribution in [0, 0.1) is 5.41 Å². The lowest BCUT2D eigenvalue weighted by Crippen LogP contribution is -2.44. The Bertz CT molecular complexity index is 338. The number of hydrogen-bond acceptors (Lipinski definition) is 3. The maximum Gasteiger partial charge on any atom is 0.225 e. The van der Waals surface area contributed by atoms with Crippen LogP contribution in [0.1, 0.15) is 33.6 Å². The van der Waals surface area contributed by atoms with Crippen molar-refractivity contribution in [3.8, 4) is 0 Å². The van der Waals surface area contributed by atoms with Crippen LogP contribution in [0.5, 0.6) is 0 Å². The summed E-state index contributed by atoms with van der Waals surface area (Å²) in [4.78, 5) is 15.9. The van der Waals surface area contributed by atoms with Gasteiger partial charge < -0.3 is 16.0 Å². The summed E-state index contributed by atoms with van der Waals surface area (Å²) in [5.41, 5.74) is -0.334. The number of rotatable bonds is 5. The highest BCUT2D eigenvalue weighted by Crippen LogP contribution is 2.25. The van der Waals surface area contributed by atoms with Crippen molar-refractivity contribution >= 4 is 47.6 Å². The second kappa shape index (κ2) is 10.5. The molecule has 0 aromatic rings. The molecular weight excluding hydrogens is 399 g/mol. The van der Waals surface area contributed by atoms with Gasteiger partial charge in [0.05, 0.1) is 0 Å². The third-order valence-electron chi connectivity index (χ3n) is 3.13. The number of aliphatic imine (C=N–C) groups is 1. The van der Waals surface area contributed by atoms with Gasteiger partial charge >= 0.3 is 0 Å². The second-order valence-corrected chi connectivity index (χ2v) is 7.43. The van der Waals surface area contributed by atoms with E-state index in [1.54, 1.807) is 7.05 Å². The minimum atomic E-state index is -0.334. The van der Waals surface area contributed by atoms with Crippen LogP contribution in [0.4, 0.5) is 0 Å². The summed E-state index contributed by atoms with van der Waals surface area (Å²) in [7, 11) is 1.77. The van der Waals surface area contributed by atoms with E-state index in [1.807, 2.05) is 32.5 Å². The molecule has 124 valence electrons. The van der Waals surface area contributed by atoms with Gasteiger partial charge in [0.1, 0.15) is 0 Å². The molecule has 0 saturated carbocycles. The Kier molecular flexibility index (Phi) is 10.4. The van der Waals surface area contributed by atoms with Gasteiger partial charge in [-0.15, -0.1) is 24.0 Å². The van der Waals surface area contributed by atoms with Gasteiger partial charge in [-0.1, -0.05) is 20.8 Å². The van der Waals surface area contributed by atoms with Gasteiger partial charge in [0.25, 0.3) is 0 Å². The standard InChI is InChI=1S/C14H28N4OS.HI/c1-14(2,3)12(19)16-7-8-17-13(15-4)18-10-11-6-5-9-20-11;/h11H,5-10H2,1-4H3,(H,16,19)(H2,15,17,18);1H. The smallest absolute Gasteiger partial charge is 0.225 e. The highest BCUT2D eigenvalue weighted by Gasteiger charge is 2.20. The van der Waals surface area contributed by atoms with Crippen molar-refractivity contribution in [2.24, 2.45) is 10.4 Å². The topological polar surface area (TPSA) is 65.5 Å². The Morgan fingerprint density at radius 2 is 1.90 bits per heavy atom. The first kappa shape index (κ1) is 20.8. The van der Waals surface area contributed by atoms with Gasteiger partial charge in [0, 0.05) is 37.3 Å². The van der Waals surface area contributed by atoms with E-state index in [2.05, 4.69) is 20.9 Å². The van der Waals surface area contributed by atoms with Crippen LogP contribution in [0.15, 0.2) is 4.99 Å². The zero-order valence-electron chi connectivity index (χ0n) is 13.5. The monoisotopic (exact) mass is 428 g/mol. The van der Waals surface area contributed by atoms with E-state index < -0.39 is 0 Å². The minimum absolute atomic E-state index is 0. The molecule has 1 aliphatic rings. The fraction of sp³-hybridized carbons (Fsp3) is 0.857. The molecule has 1 atom stereocenters. The molecule has 1 unspecified atom stereocenters. The van der Waals surface area contributed by atoms with Crippen LogP contribution in [0.3, 0.4) is 0 Å². The summed E-state index contributed by atoms with van der Waals surface area (Å²) in [6, 6.07) is 0.